The van der Waals surface area contributed by atoms with Gasteiger partial charge in [-0.25, -0.2) is 4.79 Å². The van der Waals surface area contributed by atoms with Crippen molar-refractivity contribution in [2.75, 3.05) is 13.2 Å². The molecule has 12 heteroatoms. The van der Waals surface area contributed by atoms with Crippen molar-refractivity contribution in [3.63, 3.8) is 0 Å². The second-order valence-corrected chi connectivity index (χ2v) is 6.94. The number of aromatic nitrogens is 2. The van der Waals surface area contributed by atoms with Gasteiger partial charge in [-0.15, -0.1) is 0 Å². The minimum atomic E-state index is -1.58. The van der Waals surface area contributed by atoms with E-state index < -0.39 is 67.0 Å². The lowest BCUT2D eigenvalue weighted by molar-refractivity contribution is -0.306. The van der Waals surface area contributed by atoms with Crippen LogP contribution in [0.3, 0.4) is 0 Å². The molecule has 0 saturated carbocycles. The Morgan fingerprint density at radius 2 is 1.86 bits per heavy atom. The average Bonchev–Trinajstić information content (AvgIpc) is 3.02. The summed E-state index contributed by atoms with van der Waals surface area (Å²) in [5.41, 5.74) is -0.885. The third-order valence-corrected chi connectivity index (χ3v) is 4.93. The Morgan fingerprint density at radius 1 is 1.14 bits per heavy atom. The molecular weight excluding hydrogens is 380 g/mol. The maximum Gasteiger partial charge on any atom is 0.330 e. The number of nitrogens with zero attached hydrogens (tertiary/aromatic N) is 1. The molecule has 8 atom stereocenters. The first-order valence-electron chi connectivity index (χ1n) is 8.80. The van der Waals surface area contributed by atoms with Gasteiger partial charge in [-0.2, -0.15) is 0 Å². The van der Waals surface area contributed by atoms with Crippen molar-refractivity contribution < 1.29 is 39.7 Å². The summed E-state index contributed by atoms with van der Waals surface area (Å²) in [7, 11) is 0. The van der Waals surface area contributed by atoms with E-state index in [-0.39, 0.29) is 13.0 Å². The van der Waals surface area contributed by atoms with E-state index in [0.717, 1.165) is 4.57 Å². The Kier molecular flexibility index (Phi) is 6.31. The van der Waals surface area contributed by atoms with E-state index in [9.17, 15) is 35.1 Å². The van der Waals surface area contributed by atoms with Crippen molar-refractivity contribution in [3.05, 3.63) is 32.6 Å². The summed E-state index contributed by atoms with van der Waals surface area (Å²) < 4.78 is 17.4. The predicted octanol–water partition coefficient (Wildman–Crippen LogP) is -3.69. The van der Waals surface area contributed by atoms with E-state index in [2.05, 4.69) is 4.98 Å². The molecule has 3 rings (SSSR count). The summed E-state index contributed by atoms with van der Waals surface area (Å²) >= 11 is 0. The number of aromatic amines is 1. The molecule has 2 aliphatic heterocycles. The molecule has 1 unspecified atom stereocenters. The van der Waals surface area contributed by atoms with Crippen LogP contribution >= 0.6 is 0 Å². The van der Waals surface area contributed by atoms with Gasteiger partial charge in [0.15, 0.2) is 6.29 Å². The quantitative estimate of drug-likeness (QED) is 0.286. The molecule has 28 heavy (non-hydrogen) atoms. The Morgan fingerprint density at radius 3 is 2.54 bits per heavy atom. The predicted molar refractivity (Wildman–Crippen MR) is 90.3 cm³/mol. The normalized spacial score (nSPS) is 38.6. The van der Waals surface area contributed by atoms with Crippen molar-refractivity contribution >= 4 is 0 Å². The van der Waals surface area contributed by atoms with Crippen LogP contribution in [0.2, 0.25) is 0 Å². The minimum absolute atomic E-state index is 0.0636. The third-order valence-electron chi connectivity index (χ3n) is 4.93. The number of aryl methyl sites for hydroxylation is 1. The summed E-state index contributed by atoms with van der Waals surface area (Å²) in [6, 6.07) is 0. The highest BCUT2D eigenvalue weighted by Gasteiger charge is 2.45. The second kappa shape index (κ2) is 8.39. The van der Waals surface area contributed by atoms with Gasteiger partial charge < -0.3 is 39.7 Å². The molecule has 2 aliphatic rings. The molecule has 0 aromatic carbocycles. The standard InChI is InChI=1S/C16H24N2O10/c1-6-3-18(16(25)17-14(6)24)10-2-7(20)9(27-10)5-26-15-13(23)12(22)11(21)8(4-19)28-15/h3,7-13,15,19-23H,2,4-5H2,1H3,(H,17,24,25)/t7-,8+,9+,10+,11-,12-,13+,15?/m0/s1. The molecule has 1 aromatic rings. The fourth-order valence-corrected chi connectivity index (χ4v) is 3.23. The molecule has 1 aromatic heterocycles. The fourth-order valence-electron chi connectivity index (χ4n) is 3.23. The molecular formula is C16H24N2O10. The molecule has 3 heterocycles. The maximum absolute atomic E-state index is 12.0. The van der Waals surface area contributed by atoms with Crippen LogP contribution in [-0.4, -0.2) is 91.2 Å². The van der Waals surface area contributed by atoms with Crippen molar-refractivity contribution in [1.82, 2.24) is 9.55 Å². The molecule has 2 fully saturated rings. The second-order valence-electron chi connectivity index (χ2n) is 6.94. The van der Waals surface area contributed by atoms with Crippen LogP contribution in [0.5, 0.6) is 0 Å². The molecule has 0 aliphatic carbocycles. The highest BCUT2D eigenvalue weighted by Crippen LogP contribution is 2.29. The lowest BCUT2D eigenvalue weighted by Gasteiger charge is -2.39. The number of rotatable bonds is 5. The van der Waals surface area contributed by atoms with Crippen LogP contribution in [0.4, 0.5) is 0 Å². The summed E-state index contributed by atoms with van der Waals surface area (Å²) in [6.45, 7) is 0.682. The summed E-state index contributed by atoms with van der Waals surface area (Å²) in [5, 5.41) is 48.9. The number of aliphatic hydroxyl groups excluding tert-OH is 5. The van der Waals surface area contributed by atoms with Crippen LogP contribution in [0.25, 0.3) is 0 Å². The van der Waals surface area contributed by atoms with Gasteiger partial charge in [0, 0.05) is 18.2 Å². The van der Waals surface area contributed by atoms with Crippen LogP contribution in [0.15, 0.2) is 15.8 Å². The monoisotopic (exact) mass is 404 g/mol. The maximum atomic E-state index is 12.0. The summed E-state index contributed by atoms with van der Waals surface area (Å²) in [4.78, 5) is 25.6. The Labute approximate surface area is 158 Å². The first-order valence-corrected chi connectivity index (χ1v) is 8.80. The van der Waals surface area contributed by atoms with E-state index in [1.54, 1.807) is 0 Å². The number of aliphatic hydroxyl groups is 5. The lowest BCUT2D eigenvalue weighted by atomic mass is 9.99. The number of H-pyrrole nitrogens is 1. The largest absolute Gasteiger partial charge is 0.394 e. The van der Waals surface area contributed by atoms with Crippen molar-refractivity contribution in [3.8, 4) is 0 Å². The van der Waals surface area contributed by atoms with Gasteiger partial charge in [0.1, 0.15) is 36.7 Å². The Balaban J connectivity index is 1.64. The third kappa shape index (κ3) is 4.04. The molecule has 6 N–H and O–H groups in total. The van der Waals surface area contributed by atoms with Crippen molar-refractivity contribution in [2.45, 2.75) is 62.5 Å². The number of ether oxygens (including phenoxy) is 3. The van der Waals surface area contributed by atoms with Crippen LogP contribution in [0.1, 0.15) is 18.2 Å². The topological polar surface area (TPSA) is 184 Å². The van der Waals surface area contributed by atoms with Crippen molar-refractivity contribution in [1.29, 1.82) is 0 Å². The number of hydrogen-bond acceptors (Lipinski definition) is 10. The molecule has 0 amide bonds. The first-order chi connectivity index (χ1) is 13.2. The van der Waals surface area contributed by atoms with E-state index in [0.29, 0.717) is 5.56 Å². The van der Waals surface area contributed by atoms with E-state index >= 15 is 0 Å². The molecule has 158 valence electrons. The zero-order chi connectivity index (χ0) is 20.6. The Bertz CT molecular complexity index is 792. The van der Waals surface area contributed by atoms with E-state index in [1.165, 1.54) is 13.1 Å². The van der Waals surface area contributed by atoms with Crippen LogP contribution < -0.4 is 11.2 Å². The fraction of sp³-hybridized carbons (Fsp3) is 0.750. The summed E-state index contributed by atoms with van der Waals surface area (Å²) in [6.07, 6.45) is -8.46. The SMILES string of the molecule is Cc1cn([C@H]2C[C@H](O)[C@@H](COC3O[C@H](CO)[C@H](O)[C@H](O)[C@H]3O)O2)c(=O)[nH]c1=O. The van der Waals surface area contributed by atoms with Crippen LogP contribution in [0, 0.1) is 6.92 Å². The summed E-state index contributed by atoms with van der Waals surface area (Å²) in [5.74, 6) is 0. The smallest absolute Gasteiger partial charge is 0.330 e. The molecule has 0 radical (unpaired) electrons. The van der Waals surface area contributed by atoms with Gasteiger partial charge in [-0.05, 0) is 6.92 Å². The average molecular weight is 404 g/mol. The molecule has 2 saturated heterocycles. The number of hydrogen-bond donors (Lipinski definition) is 6. The van der Waals surface area contributed by atoms with E-state index in [1.807, 2.05) is 0 Å². The van der Waals surface area contributed by atoms with Gasteiger partial charge in [0.25, 0.3) is 5.56 Å². The highest BCUT2D eigenvalue weighted by atomic mass is 16.7. The number of nitrogens with one attached hydrogen (secondary N) is 1. The zero-order valence-corrected chi connectivity index (χ0v) is 15.0. The zero-order valence-electron chi connectivity index (χ0n) is 15.0. The lowest BCUT2D eigenvalue weighted by Crippen LogP contribution is -2.59. The van der Waals surface area contributed by atoms with Crippen molar-refractivity contribution in [2.24, 2.45) is 0 Å². The van der Waals surface area contributed by atoms with Gasteiger partial charge >= 0.3 is 5.69 Å². The Hall–Kier alpha value is -1.64. The van der Waals surface area contributed by atoms with E-state index in [4.69, 9.17) is 14.2 Å². The van der Waals surface area contributed by atoms with Gasteiger partial charge in [0.2, 0.25) is 0 Å². The van der Waals surface area contributed by atoms with Gasteiger partial charge in [-0.1, -0.05) is 0 Å². The molecule has 0 spiro atoms. The van der Waals surface area contributed by atoms with Gasteiger partial charge in [-0.3, -0.25) is 14.3 Å². The van der Waals surface area contributed by atoms with Crippen LogP contribution in [-0.2, 0) is 14.2 Å². The molecule has 0 bridgehead atoms. The molecule has 12 nitrogen and oxygen atoms in total. The highest BCUT2D eigenvalue weighted by molar-refractivity contribution is 5.02. The first kappa shape index (κ1) is 21.1. The van der Waals surface area contributed by atoms with Gasteiger partial charge in [0.05, 0.1) is 19.3 Å². The minimum Gasteiger partial charge on any atom is -0.394 e.